The van der Waals surface area contributed by atoms with Crippen molar-refractivity contribution in [1.29, 1.82) is 0 Å². The first-order valence-corrected chi connectivity index (χ1v) is 16.1. The lowest BCUT2D eigenvalue weighted by Gasteiger charge is -2.20. The molecule has 0 aliphatic heterocycles. The van der Waals surface area contributed by atoms with E-state index in [4.69, 9.17) is 18.6 Å². The molecule has 0 unspecified atom stereocenters. The molecule has 244 valence electrons. The lowest BCUT2D eigenvalue weighted by atomic mass is 9.87. The first-order chi connectivity index (χ1) is 22.5. The van der Waals surface area contributed by atoms with E-state index in [0.29, 0.717) is 11.5 Å². The Labute approximate surface area is 272 Å². The SMILES string of the molecule is COc1ccccc1Oc1c(NS(=O)(=O)c2ccc(C(C)(C)C)cc2)nc(-c2ncccn2)nc1OCCC(=O)NCc1ccco1. The van der Waals surface area contributed by atoms with Gasteiger partial charge in [0.1, 0.15) is 5.76 Å². The summed E-state index contributed by atoms with van der Waals surface area (Å²) in [6.45, 7) is 6.18. The van der Waals surface area contributed by atoms with Gasteiger partial charge in [-0.25, -0.2) is 23.4 Å². The summed E-state index contributed by atoms with van der Waals surface area (Å²) >= 11 is 0. The van der Waals surface area contributed by atoms with Crippen molar-refractivity contribution in [3.63, 3.8) is 0 Å². The summed E-state index contributed by atoms with van der Waals surface area (Å²) in [4.78, 5) is 29.9. The Morgan fingerprint density at radius 1 is 0.894 bits per heavy atom. The van der Waals surface area contributed by atoms with Gasteiger partial charge in [-0.3, -0.25) is 9.52 Å². The van der Waals surface area contributed by atoms with Gasteiger partial charge in [0.15, 0.2) is 23.1 Å². The Balaban J connectivity index is 1.52. The second kappa shape index (κ2) is 14.3. The Kier molecular flexibility index (Phi) is 10.00. The molecular weight excluding hydrogens is 624 g/mol. The molecule has 0 atom stereocenters. The van der Waals surface area contributed by atoms with E-state index in [1.807, 2.05) is 20.8 Å². The van der Waals surface area contributed by atoms with Crippen LogP contribution in [0, 0.1) is 0 Å². The molecule has 2 aromatic carbocycles. The molecule has 5 aromatic rings. The normalized spacial score (nSPS) is 11.5. The molecule has 0 saturated heterocycles. The number of furan rings is 1. The third kappa shape index (κ3) is 8.41. The summed E-state index contributed by atoms with van der Waals surface area (Å²) in [6, 6.07) is 18.4. The van der Waals surface area contributed by atoms with Crippen molar-refractivity contribution in [2.75, 3.05) is 18.4 Å². The second-order valence-corrected chi connectivity index (χ2v) is 12.9. The van der Waals surface area contributed by atoms with Crippen LogP contribution in [0.3, 0.4) is 0 Å². The predicted octanol–water partition coefficient (Wildman–Crippen LogP) is 5.51. The van der Waals surface area contributed by atoms with Gasteiger partial charge in [-0.2, -0.15) is 4.98 Å². The van der Waals surface area contributed by atoms with E-state index in [9.17, 15) is 13.2 Å². The fourth-order valence-corrected chi connectivity index (χ4v) is 5.27. The highest BCUT2D eigenvalue weighted by molar-refractivity contribution is 7.92. The Bertz CT molecular complexity index is 1910. The molecule has 0 aliphatic rings. The maximum Gasteiger partial charge on any atom is 0.263 e. The van der Waals surface area contributed by atoms with Gasteiger partial charge >= 0.3 is 0 Å². The van der Waals surface area contributed by atoms with Crippen molar-refractivity contribution >= 4 is 21.7 Å². The van der Waals surface area contributed by atoms with E-state index in [1.54, 1.807) is 54.6 Å². The van der Waals surface area contributed by atoms with Crippen LogP contribution >= 0.6 is 0 Å². The van der Waals surface area contributed by atoms with Gasteiger partial charge in [-0.1, -0.05) is 45.0 Å². The molecule has 3 heterocycles. The first-order valence-electron chi connectivity index (χ1n) is 14.6. The van der Waals surface area contributed by atoms with Gasteiger partial charge in [-0.15, -0.1) is 0 Å². The zero-order valence-electron chi connectivity index (χ0n) is 26.3. The average Bonchev–Trinajstić information content (AvgIpc) is 3.59. The third-order valence-electron chi connectivity index (χ3n) is 6.75. The molecule has 0 aliphatic carbocycles. The van der Waals surface area contributed by atoms with Gasteiger partial charge in [-0.05, 0) is 53.4 Å². The number of nitrogens with zero attached hydrogens (tertiary/aromatic N) is 4. The minimum Gasteiger partial charge on any atom is -0.493 e. The quantitative estimate of drug-likeness (QED) is 0.164. The number of aromatic nitrogens is 4. The van der Waals surface area contributed by atoms with Gasteiger partial charge in [0, 0.05) is 12.4 Å². The molecule has 14 heteroatoms. The van der Waals surface area contributed by atoms with Crippen molar-refractivity contribution < 1.29 is 31.8 Å². The van der Waals surface area contributed by atoms with Gasteiger partial charge < -0.3 is 23.9 Å². The number of rotatable bonds is 13. The van der Waals surface area contributed by atoms with E-state index in [1.165, 1.54) is 37.9 Å². The topological polar surface area (TPSA) is 168 Å². The maximum atomic E-state index is 13.7. The van der Waals surface area contributed by atoms with Crippen LogP contribution in [0.5, 0.6) is 23.1 Å². The number of amides is 1. The van der Waals surface area contributed by atoms with Crippen LogP contribution in [0.1, 0.15) is 38.5 Å². The zero-order valence-corrected chi connectivity index (χ0v) is 27.1. The third-order valence-corrected chi connectivity index (χ3v) is 8.11. The highest BCUT2D eigenvalue weighted by atomic mass is 32.2. The van der Waals surface area contributed by atoms with Crippen LogP contribution < -0.4 is 24.2 Å². The predicted molar refractivity (Wildman–Crippen MR) is 173 cm³/mol. The van der Waals surface area contributed by atoms with Crippen molar-refractivity contribution in [2.45, 2.75) is 44.0 Å². The van der Waals surface area contributed by atoms with Crippen molar-refractivity contribution in [3.05, 3.63) is 96.7 Å². The largest absolute Gasteiger partial charge is 0.493 e. The molecule has 5 rings (SSSR count). The number of hydrogen-bond donors (Lipinski definition) is 2. The highest BCUT2D eigenvalue weighted by Gasteiger charge is 2.26. The van der Waals surface area contributed by atoms with Gasteiger partial charge in [0.25, 0.3) is 15.9 Å². The summed E-state index contributed by atoms with van der Waals surface area (Å²) in [5.74, 6) is 0.368. The van der Waals surface area contributed by atoms with Crippen LogP contribution in [0.4, 0.5) is 5.82 Å². The lowest BCUT2D eigenvalue weighted by Crippen LogP contribution is -2.24. The molecule has 0 bridgehead atoms. The van der Waals surface area contributed by atoms with Crippen molar-refractivity contribution in [1.82, 2.24) is 25.3 Å². The maximum absolute atomic E-state index is 13.7. The molecule has 3 aromatic heterocycles. The molecule has 13 nitrogen and oxygen atoms in total. The number of anilines is 1. The Morgan fingerprint density at radius 3 is 2.28 bits per heavy atom. The summed E-state index contributed by atoms with van der Waals surface area (Å²) in [7, 11) is -2.74. The van der Waals surface area contributed by atoms with E-state index in [0.717, 1.165) is 5.56 Å². The Hall–Kier alpha value is -5.50. The summed E-state index contributed by atoms with van der Waals surface area (Å²) in [5, 5.41) is 2.75. The van der Waals surface area contributed by atoms with Gasteiger partial charge in [0.05, 0.1) is 37.8 Å². The van der Waals surface area contributed by atoms with E-state index in [-0.39, 0.29) is 70.6 Å². The van der Waals surface area contributed by atoms with Crippen molar-refractivity contribution in [2.24, 2.45) is 0 Å². The standard InChI is InChI=1S/C33H34N6O7S/c1-33(2,3)22-12-14-24(15-13-22)47(41,42)39-29-28(46-26-11-6-5-10-25(26)43-4)32(38-31(37-29)30-34-17-8-18-35-30)45-20-16-27(40)36-21-23-9-7-19-44-23/h5-15,17-19H,16,20-21H2,1-4H3,(H,36,40)(H,37,38,39). The number of carbonyl (C=O) groups is 1. The van der Waals surface area contributed by atoms with E-state index in [2.05, 4.69) is 30.0 Å². The molecule has 2 N–H and O–H groups in total. The van der Waals surface area contributed by atoms with Crippen LogP contribution in [0.25, 0.3) is 11.6 Å². The molecule has 0 radical (unpaired) electrons. The Morgan fingerprint density at radius 2 is 1.62 bits per heavy atom. The van der Waals surface area contributed by atoms with E-state index >= 15 is 0 Å². The summed E-state index contributed by atoms with van der Waals surface area (Å²) < 4.78 is 52.9. The van der Waals surface area contributed by atoms with Crippen molar-refractivity contribution in [3.8, 4) is 34.8 Å². The van der Waals surface area contributed by atoms with Crippen LogP contribution in [-0.2, 0) is 26.8 Å². The average molecular weight is 659 g/mol. The first kappa shape index (κ1) is 32.9. The lowest BCUT2D eigenvalue weighted by molar-refractivity contribution is -0.121. The van der Waals surface area contributed by atoms with E-state index < -0.39 is 10.0 Å². The van der Waals surface area contributed by atoms with Crippen LogP contribution in [0.15, 0.2) is 94.7 Å². The monoisotopic (exact) mass is 658 g/mol. The fraction of sp³-hybridized carbons (Fsp3) is 0.242. The molecule has 0 spiro atoms. The molecule has 0 saturated carbocycles. The van der Waals surface area contributed by atoms with Crippen LogP contribution in [-0.4, -0.2) is 48.0 Å². The fourth-order valence-electron chi connectivity index (χ4n) is 4.26. The second-order valence-electron chi connectivity index (χ2n) is 11.2. The number of methoxy groups -OCH3 is 1. The smallest absolute Gasteiger partial charge is 0.263 e. The number of benzene rings is 2. The van der Waals surface area contributed by atoms with Crippen LogP contribution in [0.2, 0.25) is 0 Å². The molecule has 47 heavy (non-hydrogen) atoms. The molecule has 0 fully saturated rings. The minimum absolute atomic E-state index is 0.000520. The number of sulfonamides is 1. The number of ether oxygens (including phenoxy) is 3. The minimum atomic E-state index is -4.21. The van der Waals surface area contributed by atoms with Gasteiger partial charge in [0.2, 0.25) is 17.5 Å². The number of nitrogens with one attached hydrogen (secondary N) is 2. The summed E-state index contributed by atoms with van der Waals surface area (Å²) in [6.07, 6.45) is 4.45. The number of hydrogen-bond acceptors (Lipinski definition) is 11. The molecule has 1 amide bonds. The molecular formula is C33H34N6O7S. The summed E-state index contributed by atoms with van der Waals surface area (Å²) in [5.41, 5.74) is 0.788. The number of para-hydroxylation sites is 2. The highest BCUT2D eigenvalue weighted by Crippen LogP contribution is 2.41. The zero-order chi connectivity index (χ0) is 33.4. The number of carbonyl (C=O) groups excluding carboxylic acids is 1.